The van der Waals surface area contributed by atoms with E-state index in [1.54, 1.807) is 6.33 Å². The zero-order valence-electron chi connectivity index (χ0n) is 10.6. The highest BCUT2D eigenvalue weighted by atomic mass is 32.2. The second-order valence-electron chi connectivity index (χ2n) is 4.46. The van der Waals surface area contributed by atoms with E-state index in [-0.39, 0.29) is 0 Å². The van der Waals surface area contributed by atoms with Gasteiger partial charge in [-0.05, 0) is 31.4 Å². The summed E-state index contributed by atoms with van der Waals surface area (Å²) in [6, 6.07) is 2.14. The van der Waals surface area contributed by atoms with Crippen LogP contribution in [-0.2, 0) is 0 Å². The SMILES string of the molecule is CCCCSc1cc(N2CCCCC2)ncn1. The standard InChI is InChI=1S/C13H21N3S/c1-2-3-9-17-13-10-12(14-11-15-13)16-7-5-4-6-8-16/h10-11H,2-9H2,1H3. The Hall–Kier alpha value is -0.770. The van der Waals surface area contributed by atoms with E-state index < -0.39 is 0 Å². The molecule has 0 spiro atoms. The van der Waals surface area contributed by atoms with Crippen molar-refractivity contribution < 1.29 is 0 Å². The Labute approximate surface area is 108 Å². The van der Waals surface area contributed by atoms with E-state index >= 15 is 0 Å². The summed E-state index contributed by atoms with van der Waals surface area (Å²) in [4.78, 5) is 11.1. The third kappa shape index (κ3) is 3.87. The van der Waals surface area contributed by atoms with Crippen LogP contribution in [0, 0.1) is 0 Å². The first-order valence-corrected chi connectivity index (χ1v) is 7.58. The zero-order chi connectivity index (χ0) is 11.9. The molecular weight excluding hydrogens is 230 g/mol. The number of aromatic nitrogens is 2. The maximum absolute atomic E-state index is 4.39. The molecule has 1 aliphatic heterocycles. The molecule has 1 fully saturated rings. The molecule has 0 aliphatic carbocycles. The fourth-order valence-electron chi connectivity index (χ4n) is 2.03. The summed E-state index contributed by atoms with van der Waals surface area (Å²) in [6.45, 7) is 4.52. The molecule has 0 saturated carbocycles. The number of nitrogens with zero attached hydrogens (tertiary/aromatic N) is 3. The summed E-state index contributed by atoms with van der Waals surface area (Å²) in [5.41, 5.74) is 0. The highest BCUT2D eigenvalue weighted by Crippen LogP contribution is 2.22. The van der Waals surface area contributed by atoms with Crippen LogP contribution in [0.15, 0.2) is 17.4 Å². The Morgan fingerprint density at radius 1 is 1.24 bits per heavy atom. The first kappa shape index (κ1) is 12.7. The van der Waals surface area contributed by atoms with Gasteiger partial charge in [-0.1, -0.05) is 13.3 Å². The second kappa shape index (κ2) is 6.84. The van der Waals surface area contributed by atoms with Gasteiger partial charge in [0.1, 0.15) is 17.2 Å². The van der Waals surface area contributed by atoms with E-state index in [9.17, 15) is 0 Å². The molecule has 94 valence electrons. The van der Waals surface area contributed by atoms with Gasteiger partial charge in [-0.2, -0.15) is 0 Å². The summed E-state index contributed by atoms with van der Waals surface area (Å²) in [6.07, 6.45) is 8.16. The predicted octanol–water partition coefficient (Wildman–Crippen LogP) is 3.36. The van der Waals surface area contributed by atoms with Crippen molar-refractivity contribution in [1.82, 2.24) is 9.97 Å². The molecule has 0 amide bonds. The van der Waals surface area contributed by atoms with Gasteiger partial charge in [0.05, 0.1) is 0 Å². The van der Waals surface area contributed by atoms with E-state index in [4.69, 9.17) is 0 Å². The van der Waals surface area contributed by atoms with Gasteiger partial charge in [0.25, 0.3) is 0 Å². The van der Waals surface area contributed by atoms with Crippen molar-refractivity contribution in [3.63, 3.8) is 0 Å². The Balaban J connectivity index is 1.95. The molecule has 1 aromatic heterocycles. The van der Waals surface area contributed by atoms with Crippen molar-refractivity contribution in [2.45, 2.75) is 44.1 Å². The Kier molecular flexibility index (Phi) is 5.10. The fraction of sp³-hybridized carbons (Fsp3) is 0.692. The number of anilines is 1. The maximum Gasteiger partial charge on any atom is 0.133 e. The number of hydrogen-bond donors (Lipinski definition) is 0. The molecule has 3 nitrogen and oxygen atoms in total. The first-order chi connectivity index (χ1) is 8.40. The van der Waals surface area contributed by atoms with Crippen LogP contribution in [-0.4, -0.2) is 28.8 Å². The summed E-state index contributed by atoms with van der Waals surface area (Å²) in [5, 5.41) is 1.12. The van der Waals surface area contributed by atoms with Gasteiger partial charge in [-0.15, -0.1) is 11.8 Å². The van der Waals surface area contributed by atoms with Crippen molar-refractivity contribution in [2.24, 2.45) is 0 Å². The molecule has 0 bridgehead atoms. The smallest absolute Gasteiger partial charge is 0.133 e. The van der Waals surface area contributed by atoms with Crippen LogP contribution in [0.2, 0.25) is 0 Å². The molecule has 2 heterocycles. The summed E-state index contributed by atoms with van der Waals surface area (Å²) in [7, 11) is 0. The minimum atomic E-state index is 1.11. The Morgan fingerprint density at radius 3 is 2.82 bits per heavy atom. The topological polar surface area (TPSA) is 29.0 Å². The maximum atomic E-state index is 4.39. The summed E-state index contributed by atoms with van der Waals surface area (Å²) in [5.74, 6) is 2.27. The molecule has 0 unspecified atom stereocenters. The first-order valence-electron chi connectivity index (χ1n) is 6.60. The number of hydrogen-bond acceptors (Lipinski definition) is 4. The molecule has 4 heteroatoms. The van der Waals surface area contributed by atoms with Gasteiger partial charge in [-0.3, -0.25) is 0 Å². The van der Waals surface area contributed by atoms with E-state index in [1.807, 2.05) is 11.8 Å². The molecule has 0 atom stereocenters. The Bertz CT molecular complexity index is 337. The van der Waals surface area contributed by atoms with Crippen LogP contribution in [0.1, 0.15) is 39.0 Å². The molecule has 17 heavy (non-hydrogen) atoms. The third-order valence-corrected chi connectivity index (χ3v) is 4.07. The van der Waals surface area contributed by atoms with Gasteiger partial charge >= 0.3 is 0 Å². The lowest BCUT2D eigenvalue weighted by Gasteiger charge is -2.27. The van der Waals surface area contributed by atoms with Crippen LogP contribution in [0.25, 0.3) is 0 Å². The van der Waals surface area contributed by atoms with Crippen molar-refractivity contribution in [1.29, 1.82) is 0 Å². The van der Waals surface area contributed by atoms with Crippen molar-refractivity contribution >= 4 is 17.6 Å². The number of thioether (sulfide) groups is 1. The molecule has 0 N–H and O–H groups in total. The number of rotatable bonds is 5. The molecule has 1 saturated heterocycles. The zero-order valence-corrected chi connectivity index (χ0v) is 11.4. The lowest BCUT2D eigenvalue weighted by Crippen LogP contribution is -2.30. The monoisotopic (exact) mass is 251 g/mol. The average molecular weight is 251 g/mol. The van der Waals surface area contributed by atoms with Gasteiger partial charge < -0.3 is 4.90 Å². The second-order valence-corrected chi connectivity index (χ2v) is 5.58. The minimum absolute atomic E-state index is 1.11. The van der Waals surface area contributed by atoms with Gasteiger partial charge in [0.2, 0.25) is 0 Å². The van der Waals surface area contributed by atoms with E-state index in [2.05, 4.69) is 27.9 Å². The van der Waals surface area contributed by atoms with Crippen LogP contribution in [0.4, 0.5) is 5.82 Å². The number of piperidine rings is 1. The van der Waals surface area contributed by atoms with E-state index in [1.165, 1.54) is 32.1 Å². The highest BCUT2D eigenvalue weighted by molar-refractivity contribution is 7.99. The van der Waals surface area contributed by atoms with Gasteiger partial charge in [0.15, 0.2) is 0 Å². The Morgan fingerprint density at radius 2 is 2.06 bits per heavy atom. The normalized spacial score (nSPS) is 16.2. The highest BCUT2D eigenvalue weighted by Gasteiger charge is 2.12. The lowest BCUT2D eigenvalue weighted by molar-refractivity contribution is 0.572. The summed E-state index contributed by atoms with van der Waals surface area (Å²) < 4.78 is 0. The largest absolute Gasteiger partial charge is 0.356 e. The molecule has 2 rings (SSSR count). The van der Waals surface area contributed by atoms with Gasteiger partial charge in [-0.25, -0.2) is 9.97 Å². The molecule has 0 radical (unpaired) electrons. The van der Waals surface area contributed by atoms with E-state index in [0.717, 1.165) is 29.7 Å². The molecule has 0 aromatic carbocycles. The summed E-state index contributed by atoms with van der Waals surface area (Å²) >= 11 is 1.85. The van der Waals surface area contributed by atoms with Crippen molar-refractivity contribution in [3.8, 4) is 0 Å². The number of unbranched alkanes of at least 4 members (excludes halogenated alkanes) is 1. The van der Waals surface area contributed by atoms with Gasteiger partial charge in [0, 0.05) is 19.2 Å². The van der Waals surface area contributed by atoms with Crippen LogP contribution < -0.4 is 4.90 Å². The minimum Gasteiger partial charge on any atom is -0.356 e. The molecular formula is C13H21N3S. The van der Waals surface area contributed by atoms with Crippen LogP contribution in [0.5, 0.6) is 0 Å². The third-order valence-electron chi connectivity index (χ3n) is 3.06. The van der Waals surface area contributed by atoms with E-state index in [0.29, 0.717) is 0 Å². The van der Waals surface area contributed by atoms with Crippen LogP contribution in [0.3, 0.4) is 0 Å². The molecule has 1 aromatic rings. The predicted molar refractivity (Wildman–Crippen MR) is 73.7 cm³/mol. The quantitative estimate of drug-likeness (QED) is 0.456. The molecule has 1 aliphatic rings. The van der Waals surface area contributed by atoms with Crippen LogP contribution >= 0.6 is 11.8 Å². The van der Waals surface area contributed by atoms with Crippen molar-refractivity contribution in [3.05, 3.63) is 12.4 Å². The van der Waals surface area contributed by atoms with Crippen molar-refractivity contribution in [2.75, 3.05) is 23.7 Å². The average Bonchev–Trinajstić information content (AvgIpc) is 2.41. The fourth-order valence-corrected chi connectivity index (χ4v) is 2.98. The lowest BCUT2D eigenvalue weighted by atomic mass is 10.1.